The molecule has 0 aromatic carbocycles. The number of nitrogens with zero attached hydrogens (tertiary/aromatic N) is 1. The predicted molar refractivity (Wildman–Crippen MR) is 55.8 cm³/mol. The van der Waals surface area contributed by atoms with Gasteiger partial charge in [-0.05, 0) is 38.8 Å². The van der Waals surface area contributed by atoms with Gasteiger partial charge in [0, 0.05) is 18.6 Å². The number of hydrogen-bond acceptors (Lipinski definition) is 2. The first-order valence-corrected chi connectivity index (χ1v) is 5.75. The molecule has 13 heavy (non-hydrogen) atoms. The van der Waals surface area contributed by atoms with Crippen LogP contribution >= 0.6 is 0 Å². The third-order valence-electron chi connectivity index (χ3n) is 3.98. The molecule has 1 saturated heterocycles. The van der Waals surface area contributed by atoms with Crippen LogP contribution in [0.5, 0.6) is 0 Å². The van der Waals surface area contributed by atoms with E-state index in [2.05, 4.69) is 24.2 Å². The highest BCUT2D eigenvalue weighted by Gasteiger charge is 2.34. The lowest BCUT2D eigenvalue weighted by Gasteiger charge is -2.32. The van der Waals surface area contributed by atoms with Gasteiger partial charge in [0.1, 0.15) is 0 Å². The summed E-state index contributed by atoms with van der Waals surface area (Å²) in [5.74, 6) is 0.932. The van der Waals surface area contributed by atoms with Gasteiger partial charge in [-0.25, -0.2) is 0 Å². The smallest absolute Gasteiger partial charge is 0.0218 e. The minimum absolute atomic E-state index is 0.771. The summed E-state index contributed by atoms with van der Waals surface area (Å²) in [7, 11) is 2.32. The second-order valence-electron chi connectivity index (χ2n) is 4.64. The number of likely N-dealkylation sites (N-methyl/N-ethyl adjacent to an activating group) is 1. The van der Waals surface area contributed by atoms with Gasteiger partial charge in [0.05, 0.1) is 0 Å². The minimum atomic E-state index is 0.771. The van der Waals surface area contributed by atoms with Gasteiger partial charge in [0.25, 0.3) is 0 Å². The van der Waals surface area contributed by atoms with Crippen molar-refractivity contribution in [1.82, 2.24) is 10.2 Å². The third kappa shape index (κ3) is 1.75. The van der Waals surface area contributed by atoms with E-state index in [0.717, 1.165) is 18.0 Å². The van der Waals surface area contributed by atoms with E-state index < -0.39 is 0 Å². The Kier molecular flexibility index (Phi) is 2.89. The van der Waals surface area contributed by atoms with Gasteiger partial charge in [-0.1, -0.05) is 13.3 Å². The topological polar surface area (TPSA) is 15.3 Å². The molecule has 1 aliphatic carbocycles. The van der Waals surface area contributed by atoms with E-state index in [0.29, 0.717) is 0 Å². The molecule has 2 heteroatoms. The lowest BCUT2D eigenvalue weighted by molar-refractivity contribution is 0.160. The van der Waals surface area contributed by atoms with Gasteiger partial charge < -0.3 is 5.32 Å². The van der Waals surface area contributed by atoms with Crippen molar-refractivity contribution < 1.29 is 0 Å². The van der Waals surface area contributed by atoms with E-state index in [1.54, 1.807) is 0 Å². The van der Waals surface area contributed by atoms with Crippen LogP contribution in [0.2, 0.25) is 0 Å². The molecule has 3 unspecified atom stereocenters. The standard InChI is InChI=1S/C11H22N2/c1-3-10-8-12-7-9-5-4-6-11(9)13(10)2/h9-12H,3-8H2,1-2H3. The maximum Gasteiger partial charge on any atom is 0.0218 e. The van der Waals surface area contributed by atoms with Crippen molar-refractivity contribution in [1.29, 1.82) is 0 Å². The molecule has 1 aliphatic heterocycles. The van der Waals surface area contributed by atoms with Gasteiger partial charge in [-0.3, -0.25) is 4.90 Å². The quantitative estimate of drug-likeness (QED) is 0.660. The molecule has 0 aromatic rings. The van der Waals surface area contributed by atoms with Crippen LogP contribution in [0.1, 0.15) is 32.6 Å². The van der Waals surface area contributed by atoms with E-state index in [1.807, 2.05) is 0 Å². The SMILES string of the molecule is CCC1CNCC2CCCC2N1C. The van der Waals surface area contributed by atoms with E-state index in [9.17, 15) is 0 Å². The van der Waals surface area contributed by atoms with Gasteiger partial charge in [-0.2, -0.15) is 0 Å². The molecule has 0 aromatic heterocycles. The van der Waals surface area contributed by atoms with E-state index in [1.165, 1.54) is 38.8 Å². The van der Waals surface area contributed by atoms with Crippen LogP contribution in [0.4, 0.5) is 0 Å². The molecule has 0 bridgehead atoms. The molecule has 0 spiro atoms. The molecule has 3 atom stereocenters. The Morgan fingerprint density at radius 3 is 2.92 bits per heavy atom. The molecular weight excluding hydrogens is 160 g/mol. The van der Waals surface area contributed by atoms with Crippen molar-refractivity contribution >= 4 is 0 Å². The zero-order valence-corrected chi connectivity index (χ0v) is 8.92. The molecule has 1 heterocycles. The predicted octanol–water partition coefficient (Wildman–Crippen LogP) is 1.47. The Labute approximate surface area is 81.7 Å². The number of fused-ring (bicyclic) bond motifs is 1. The average Bonchev–Trinajstić information content (AvgIpc) is 2.54. The molecule has 0 amide bonds. The second kappa shape index (κ2) is 3.97. The lowest BCUT2D eigenvalue weighted by Crippen LogP contribution is -2.42. The summed E-state index contributed by atoms with van der Waals surface area (Å²) in [5.41, 5.74) is 0. The Bertz CT molecular complexity index is 169. The largest absolute Gasteiger partial charge is 0.315 e. The highest BCUT2D eigenvalue weighted by Crippen LogP contribution is 2.31. The third-order valence-corrected chi connectivity index (χ3v) is 3.98. The summed E-state index contributed by atoms with van der Waals surface area (Å²) in [6.45, 7) is 4.75. The fourth-order valence-electron chi connectivity index (χ4n) is 3.07. The number of nitrogens with one attached hydrogen (secondary N) is 1. The van der Waals surface area contributed by atoms with Gasteiger partial charge in [0.2, 0.25) is 0 Å². The Morgan fingerprint density at radius 1 is 1.31 bits per heavy atom. The van der Waals surface area contributed by atoms with Crippen molar-refractivity contribution in [2.75, 3.05) is 20.1 Å². The molecule has 76 valence electrons. The summed E-state index contributed by atoms with van der Waals surface area (Å²) < 4.78 is 0. The molecule has 2 rings (SSSR count). The van der Waals surface area contributed by atoms with Gasteiger partial charge in [-0.15, -0.1) is 0 Å². The summed E-state index contributed by atoms with van der Waals surface area (Å²) in [4.78, 5) is 2.64. The zero-order valence-electron chi connectivity index (χ0n) is 8.92. The Hall–Kier alpha value is -0.0800. The van der Waals surface area contributed by atoms with Crippen molar-refractivity contribution in [3.8, 4) is 0 Å². The maximum absolute atomic E-state index is 3.61. The average molecular weight is 182 g/mol. The molecular formula is C11H22N2. The van der Waals surface area contributed by atoms with Crippen LogP contribution in [0.15, 0.2) is 0 Å². The first-order valence-electron chi connectivity index (χ1n) is 5.75. The Morgan fingerprint density at radius 2 is 2.15 bits per heavy atom. The first-order chi connectivity index (χ1) is 6.33. The van der Waals surface area contributed by atoms with E-state index in [-0.39, 0.29) is 0 Å². The van der Waals surface area contributed by atoms with Gasteiger partial charge >= 0.3 is 0 Å². The first kappa shape index (κ1) is 9.47. The summed E-state index contributed by atoms with van der Waals surface area (Å²) in [6, 6.07) is 1.65. The molecule has 2 aliphatic rings. The van der Waals surface area contributed by atoms with Gasteiger partial charge in [0.15, 0.2) is 0 Å². The fourth-order valence-corrected chi connectivity index (χ4v) is 3.07. The number of rotatable bonds is 1. The minimum Gasteiger partial charge on any atom is -0.315 e. The highest BCUT2D eigenvalue weighted by molar-refractivity contribution is 4.91. The summed E-state index contributed by atoms with van der Waals surface area (Å²) in [6.07, 6.45) is 5.60. The van der Waals surface area contributed by atoms with Crippen LogP contribution < -0.4 is 5.32 Å². The maximum atomic E-state index is 3.61. The highest BCUT2D eigenvalue weighted by atomic mass is 15.2. The molecule has 1 N–H and O–H groups in total. The molecule has 1 saturated carbocycles. The van der Waals surface area contributed by atoms with Crippen LogP contribution in [0.25, 0.3) is 0 Å². The number of hydrogen-bond donors (Lipinski definition) is 1. The van der Waals surface area contributed by atoms with Crippen molar-refractivity contribution in [2.45, 2.75) is 44.7 Å². The van der Waals surface area contributed by atoms with Crippen LogP contribution in [0, 0.1) is 5.92 Å². The van der Waals surface area contributed by atoms with Crippen LogP contribution in [-0.2, 0) is 0 Å². The second-order valence-corrected chi connectivity index (χ2v) is 4.64. The zero-order chi connectivity index (χ0) is 9.26. The lowest BCUT2D eigenvalue weighted by atomic mass is 10.0. The summed E-state index contributed by atoms with van der Waals surface area (Å²) >= 11 is 0. The van der Waals surface area contributed by atoms with E-state index >= 15 is 0 Å². The van der Waals surface area contributed by atoms with Crippen LogP contribution in [0.3, 0.4) is 0 Å². The van der Waals surface area contributed by atoms with Crippen molar-refractivity contribution in [3.05, 3.63) is 0 Å². The van der Waals surface area contributed by atoms with Crippen LogP contribution in [-0.4, -0.2) is 37.1 Å². The summed E-state index contributed by atoms with van der Waals surface area (Å²) in [5, 5.41) is 3.61. The Balaban J connectivity index is 2.06. The molecule has 2 fully saturated rings. The normalized spacial score (nSPS) is 41.5. The fraction of sp³-hybridized carbons (Fsp3) is 1.00. The van der Waals surface area contributed by atoms with Crippen molar-refractivity contribution in [2.24, 2.45) is 5.92 Å². The van der Waals surface area contributed by atoms with E-state index in [4.69, 9.17) is 0 Å². The molecule has 0 radical (unpaired) electrons. The molecule has 2 nitrogen and oxygen atoms in total. The van der Waals surface area contributed by atoms with Crippen molar-refractivity contribution in [3.63, 3.8) is 0 Å². The monoisotopic (exact) mass is 182 g/mol.